The van der Waals surface area contributed by atoms with Gasteiger partial charge in [0, 0.05) is 28.4 Å². The average Bonchev–Trinajstić information content (AvgIpc) is 3.18. The van der Waals surface area contributed by atoms with Gasteiger partial charge in [0.1, 0.15) is 5.75 Å². The summed E-state index contributed by atoms with van der Waals surface area (Å²) in [5, 5.41) is 6.32. The van der Waals surface area contributed by atoms with E-state index in [0.29, 0.717) is 24.3 Å². The first-order chi connectivity index (χ1) is 13.0. The average molecular weight is 454 g/mol. The number of amides is 3. The van der Waals surface area contributed by atoms with Crippen molar-refractivity contribution in [3.8, 4) is 5.75 Å². The lowest BCUT2D eigenvalue weighted by Crippen LogP contribution is -2.47. The summed E-state index contributed by atoms with van der Waals surface area (Å²) in [4.78, 5) is 35.5. The number of hydrogen-bond donors (Lipinski definition) is 3. The van der Waals surface area contributed by atoms with Gasteiger partial charge in [-0.15, -0.1) is 0 Å². The summed E-state index contributed by atoms with van der Waals surface area (Å²) in [7, 11) is 0. The van der Waals surface area contributed by atoms with Crippen molar-refractivity contribution >= 4 is 45.0 Å². The molecular formula is C18H20BrN3O4S. The third kappa shape index (κ3) is 7.40. The van der Waals surface area contributed by atoms with Gasteiger partial charge in [-0.2, -0.15) is 11.3 Å². The van der Waals surface area contributed by atoms with Crippen LogP contribution in [0.5, 0.6) is 5.75 Å². The summed E-state index contributed by atoms with van der Waals surface area (Å²) < 4.78 is 6.35. The molecule has 0 saturated heterocycles. The molecule has 0 aliphatic rings. The van der Waals surface area contributed by atoms with Gasteiger partial charge in [-0.05, 0) is 43.0 Å². The Kier molecular flexibility index (Phi) is 8.28. The van der Waals surface area contributed by atoms with Gasteiger partial charge >= 0.3 is 0 Å². The maximum atomic E-state index is 12.0. The Morgan fingerprint density at radius 3 is 2.74 bits per heavy atom. The molecule has 1 aromatic heterocycles. The highest BCUT2D eigenvalue weighted by atomic mass is 79.9. The second kappa shape index (κ2) is 10.7. The Balaban J connectivity index is 1.61. The van der Waals surface area contributed by atoms with Crippen LogP contribution >= 0.6 is 27.3 Å². The van der Waals surface area contributed by atoms with Crippen molar-refractivity contribution in [1.29, 1.82) is 0 Å². The molecule has 0 fully saturated rings. The predicted octanol–water partition coefficient (Wildman–Crippen LogP) is 2.64. The molecule has 0 saturated carbocycles. The summed E-state index contributed by atoms with van der Waals surface area (Å²) in [5.41, 5.74) is 5.27. The summed E-state index contributed by atoms with van der Waals surface area (Å²) >= 11 is 4.77. The van der Waals surface area contributed by atoms with Crippen LogP contribution in [-0.2, 0) is 9.59 Å². The van der Waals surface area contributed by atoms with Gasteiger partial charge in [-0.1, -0.05) is 22.0 Å². The standard InChI is InChI=1S/C18H20BrN3O4S/c1-12(26-15-5-2-4-14(19)10-15)17(24)22-21-16(23)6-3-8-20-18(25)13-7-9-27-11-13/h2,4-5,7,9-12H,3,6,8H2,1H3,(H,20,25)(H,21,23)(H,22,24). The van der Waals surface area contributed by atoms with E-state index in [4.69, 9.17) is 4.74 Å². The van der Waals surface area contributed by atoms with E-state index < -0.39 is 12.0 Å². The first kappa shape index (κ1) is 20.9. The smallest absolute Gasteiger partial charge is 0.279 e. The molecule has 144 valence electrons. The fourth-order valence-corrected chi connectivity index (χ4v) is 3.05. The van der Waals surface area contributed by atoms with Crippen LogP contribution in [0.15, 0.2) is 45.6 Å². The SMILES string of the molecule is CC(Oc1cccc(Br)c1)C(=O)NNC(=O)CCCNC(=O)c1ccsc1. The number of thiophene rings is 1. The minimum atomic E-state index is -0.774. The van der Waals surface area contributed by atoms with Gasteiger partial charge in [-0.3, -0.25) is 25.2 Å². The van der Waals surface area contributed by atoms with Gasteiger partial charge in [-0.25, -0.2) is 0 Å². The molecule has 1 aromatic carbocycles. The predicted molar refractivity (Wildman–Crippen MR) is 106 cm³/mol. The number of benzene rings is 1. The molecule has 0 aliphatic heterocycles. The zero-order valence-corrected chi connectivity index (χ0v) is 17.1. The number of halogens is 1. The number of rotatable bonds is 8. The first-order valence-electron chi connectivity index (χ1n) is 8.27. The molecule has 7 nitrogen and oxygen atoms in total. The van der Waals surface area contributed by atoms with E-state index in [0.717, 1.165) is 4.47 Å². The first-order valence-corrected chi connectivity index (χ1v) is 10.0. The zero-order valence-electron chi connectivity index (χ0n) is 14.7. The lowest BCUT2D eigenvalue weighted by molar-refractivity contribution is -0.132. The van der Waals surface area contributed by atoms with Crippen LogP contribution < -0.4 is 20.9 Å². The fraction of sp³-hybridized carbons (Fsp3) is 0.278. The number of hydrazine groups is 1. The summed E-state index contributed by atoms with van der Waals surface area (Å²) in [6.07, 6.45) is -0.142. The van der Waals surface area contributed by atoms with E-state index in [9.17, 15) is 14.4 Å². The molecule has 0 aliphatic carbocycles. The minimum absolute atomic E-state index is 0.163. The lowest BCUT2D eigenvalue weighted by Gasteiger charge is -2.15. The molecule has 1 atom stereocenters. The van der Waals surface area contributed by atoms with E-state index in [1.807, 2.05) is 11.4 Å². The Morgan fingerprint density at radius 2 is 2.04 bits per heavy atom. The minimum Gasteiger partial charge on any atom is -0.481 e. The van der Waals surface area contributed by atoms with E-state index in [2.05, 4.69) is 32.1 Å². The Morgan fingerprint density at radius 1 is 1.22 bits per heavy atom. The van der Waals surface area contributed by atoms with E-state index >= 15 is 0 Å². The van der Waals surface area contributed by atoms with Crippen molar-refractivity contribution in [3.05, 3.63) is 51.1 Å². The molecule has 3 amide bonds. The van der Waals surface area contributed by atoms with Gasteiger partial charge < -0.3 is 10.1 Å². The monoisotopic (exact) mass is 453 g/mol. The molecular weight excluding hydrogens is 434 g/mol. The Hall–Kier alpha value is -2.39. The molecule has 27 heavy (non-hydrogen) atoms. The molecule has 0 radical (unpaired) electrons. The van der Waals surface area contributed by atoms with E-state index in [1.54, 1.807) is 36.6 Å². The topological polar surface area (TPSA) is 96.5 Å². The maximum absolute atomic E-state index is 12.0. The van der Waals surface area contributed by atoms with Gasteiger partial charge in [0.25, 0.3) is 11.8 Å². The van der Waals surface area contributed by atoms with E-state index in [-0.39, 0.29) is 18.2 Å². The van der Waals surface area contributed by atoms with Gasteiger partial charge in [0.05, 0.1) is 0 Å². The third-order valence-corrected chi connectivity index (χ3v) is 4.63. The van der Waals surface area contributed by atoms with Gasteiger partial charge in [0.2, 0.25) is 5.91 Å². The number of carbonyl (C=O) groups excluding carboxylic acids is 3. The normalized spacial score (nSPS) is 11.3. The highest BCUT2D eigenvalue weighted by Gasteiger charge is 2.15. The highest BCUT2D eigenvalue weighted by molar-refractivity contribution is 9.10. The number of nitrogens with one attached hydrogen (secondary N) is 3. The summed E-state index contributed by atoms with van der Waals surface area (Å²) in [5.74, 6) is -0.430. The van der Waals surface area contributed by atoms with Crippen molar-refractivity contribution in [1.82, 2.24) is 16.2 Å². The van der Waals surface area contributed by atoms with Crippen molar-refractivity contribution in [2.45, 2.75) is 25.9 Å². The van der Waals surface area contributed by atoms with Crippen LogP contribution in [0.1, 0.15) is 30.1 Å². The van der Waals surface area contributed by atoms with Crippen LogP contribution in [-0.4, -0.2) is 30.4 Å². The molecule has 2 rings (SSSR count). The van der Waals surface area contributed by atoms with Crippen molar-refractivity contribution in [3.63, 3.8) is 0 Å². The Labute approximate surface area is 169 Å². The molecule has 1 unspecified atom stereocenters. The molecule has 0 spiro atoms. The van der Waals surface area contributed by atoms with Crippen molar-refractivity contribution in [2.24, 2.45) is 0 Å². The van der Waals surface area contributed by atoms with Crippen molar-refractivity contribution in [2.75, 3.05) is 6.54 Å². The second-order valence-corrected chi connectivity index (χ2v) is 7.32. The fourth-order valence-electron chi connectivity index (χ4n) is 2.04. The molecule has 9 heteroatoms. The quantitative estimate of drug-likeness (QED) is 0.422. The molecule has 1 heterocycles. The van der Waals surface area contributed by atoms with Crippen LogP contribution in [0.3, 0.4) is 0 Å². The van der Waals surface area contributed by atoms with Crippen LogP contribution in [0.2, 0.25) is 0 Å². The maximum Gasteiger partial charge on any atom is 0.279 e. The Bertz CT molecular complexity index is 783. The zero-order chi connectivity index (χ0) is 19.6. The molecule has 2 aromatic rings. The van der Waals surface area contributed by atoms with Crippen LogP contribution in [0.25, 0.3) is 0 Å². The number of ether oxygens (including phenoxy) is 1. The number of carbonyl (C=O) groups is 3. The number of hydrogen-bond acceptors (Lipinski definition) is 5. The van der Waals surface area contributed by atoms with Crippen LogP contribution in [0.4, 0.5) is 0 Å². The third-order valence-electron chi connectivity index (χ3n) is 3.45. The highest BCUT2D eigenvalue weighted by Crippen LogP contribution is 2.18. The lowest BCUT2D eigenvalue weighted by atomic mass is 10.2. The summed E-state index contributed by atoms with van der Waals surface area (Å²) in [6, 6.07) is 8.85. The van der Waals surface area contributed by atoms with Gasteiger partial charge in [0.15, 0.2) is 6.10 Å². The molecule has 0 bridgehead atoms. The van der Waals surface area contributed by atoms with E-state index in [1.165, 1.54) is 11.3 Å². The molecule has 3 N–H and O–H groups in total. The summed E-state index contributed by atoms with van der Waals surface area (Å²) in [6.45, 7) is 1.96. The second-order valence-electron chi connectivity index (χ2n) is 5.63. The largest absolute Gasteiger partial charge is 0.481 e. The van der Waals surface area contributed by atoms with Crippen LogP contribution in [0, 0.1) is 0 Å². The van der Waals surface area contributed by atoms with Crippen molar-refractivity contribution < 1.29 is 19.1 Å².